The van der Waals surface area contributed by atoms with Gasteiger partial charge in [0.25, 0.3) is 0 Å². The minimum atomic E-state index is -4.96. The highest BCUT2D eigenvalue weighted by molar-refractivity contribution is 7.47. The fraction of sp³-hybridized carbons (Fsp3) is 0.946. The topological polar surface area (TPSA) is 237 Å². The Balaban J connectivity index is 5.24. The van der Waals surface area contributed by atoms with Crippen LogP contribution in [-0.2, 0) is 65.4 Å². The first-order chi connectivity index (χ1) is 44.6. The molecule has 0 bridgehead atoms. The summed E-state index contributed by atoms with van der Waals surface area (Å²) < 4.78 is 68.4. The molecule has 6 atom stereocenters. The first-order valence-electron chi connectivity index (χ1n) is 38.2. The Morgan fingerprint density at radius 1 is 0.301 bits per heavy atom. The molecule has 0 amide bonds. The molecule has 93 heavy (non-hydrogen) atoms. The number of aliphatic hydroxyl groups excluding tert-OH is 1. The molecule has 0 saturated heterocycles. The molecule has 3 N–H and O–H groups in total. The average molecular weight is 1370 g/mol. The lowest BCUT2D eigenvalue weighted by molar-refractivity contribution is -0.161. The number of hydrogen-bond acceptors (Lipinski definition) is 15. The highest BCUT2D eigenvalue weighted by atomic mass is 31.2. The van der Waals surface area contributed by atoms with Crippen molar-refractivity contribution in [2.45, 2.75) is 388 Å². The van der Waals surface area contributed by atoms with E-state index in [0.717, 1.165) is 120 Å². The van der Waals surface area contributed by atoms with E-state index in [1.165, 1.54) is 167 Å². The molecule has 0 aromatic rings. The van der Waals surface area contributed by atoms with E-state index in [1.807, 2.05) is 0 Å². The quantitative estimate of drug-likeness (QED) is 0.0222. The summed E-state index contributed by atoms with van der Waals surface area (Å²) in [6.07, 6.45) is 47.2. The van der Waals surface area contributed by atoms with Gasteiger partial charge in [-0.1, -0.05) is 319 Å². The second-order valence-corrected chi connectivity index (χ2v) is 31.3. The molecule has 0 aliphatic heterocycles. The largest absolute Gasteiger partial charge is 0.472 e. The van der Waals surface area contributed by atoms with Gasteiger partial charge >= 0.3 is 39.5 Å². The average Bonchev–Trinajstić information content (AvgIpc) is 1.84. The Morgan fingerprint density at radius 2 is 0.516 bits per heavy atom. The van der Waals surface area contributed by atoms with Gasteiger partial charge in [-0.3, -0.25) is 37.3 Å². The zero-order chi connectivity index (χ0) is 68.9. The summed E-state index contributed by atoms with van der Waals surface area (Å²) in [5.41, 5.74) is 0. The first kappa shape index (κ1) is 91.1. The second kappa shape index (κ2) is 63.5. The molecule has 0 heterocycles. The van der Waals surface area contributed by atoms with Crippen LogP contribution in [0.4, 0.5) is 0 Å². The third-order valence-electron chi connectivity index (χ3n) is 17.4. The number of carbonyl (C=O) groups is 4. The molecule has 0 aromatic carbocycles. The fourth-order valence-electron chi connectivity index (χ4n) is 11.2. The summed E-state index contributed by atoms with van der Waals surface area (Å²) in [7, 11) is -9.91. The zero-order valence-electron chi connectivity index (χ0n) is 60.9. The van der Waals surface area contributed by atoms with Gasteiger partial charge in [-0.05, 0) is 49.4 Å². The molecule has 0 rings (SSSR count). The maximum absolute atomic E-state index is 13.0. The van der Waals surface area contributed by atoms with Crippen LogP contribution in [0.25, 0.3) is 0 Å². The highest BCUT2D eigenvalue weighted by Gasteiger charge is 2.30. The second-order valence-electron chi connectivity index (χ2n) is 28.4. The molecule has 0 radical (unpaired) electrons. The van der Waals surface area contributed by atoms with Gasteiger partial charge < -0.3 is 33.8 Å². The van der Waals surface area contributed by atoms with E-state index in [2.05, 4.69) is 55.4 Å². The maximum atomic E-state index is 13.0. The van der Waals surface area contributed by atoms with E-state index in [9.17, 15) is 43.2 Å². The summed E-state index contributed by atoms with van der Waals surface area (Å²) in [5, 5.41) is 10.6. The lowest BCUT2D eigenvalue weighted by atomic mass is 10.00. The highest BCUT2D eigenvalue weighted by Crippen LogP contribution is 2.45. The Bertz CT molecular complexity index is 1840. The maximum Gasteiger partial charge on any atom is 0.472 e. The van der Waals surface area contributed by atoms with Crippen LogP contribution in [0.2, 0.25) is 0 Å². The van der Waals surface area contributed by atoms with Gasteiger partial charge in [0.1, 0.15) is 19.3 Å². The SMILES string of the molecule is CCC(C)CCCCCCCCC(=O)OC[C@H](COP(=O)(O)OC[C@H](O)COP(=O)(O)OC[C@@H](COC(=O)CCCCCCCCCCCCCC(C)C)OC(=O)CCCCCCCCCCCC(C)C)OC(=O)CCCCCCCCCCCCCCCCC(C)C. The monoisotopic (exact) mass is 1370 g/mol. The molecule has 0 aromatic heterocycles. The molecule has 0 saturated carbocycles. The van der Waals surface area contributed by atoms with Gasteiger partial charge in [-0.25, -0.2) is 9.13 Å². The summed E-state index contributed by atoms with van der Waals surface area (Å²) in [4.78, 5) is 72.7. The van der Waals surface area contributed by atoms with Crippen molar-refractivity contribution in [3.05, 3.63) is 0 Å². The Kier molecular flexibility index (Phi) is 62.2. The molecule has 0 spiro atoms. The molecule has 19 heteroatoms. The van der Waals surface area contributed by atoms with Crippen molar-refractivity contribution >= 4 is 39.5 Å². The van der Waals surface area contributed by atoms with E-state index in [0.29, 0.717) is 25.7 Å². The van der Waals surface area contributed by atoms with Crippen LogP contribution >= 0.6 is 15.6 Å². The lowest BCUT2D eigenvalue weighted by Crippen LogP contribution is -2.30. The summed E-state index contributed by atoms with van der Waals surface area (Å²) in [5.74, 6) is 0.909. The molecular weight excluding hydrogens is 1220 g/mol. The normalized spacial score (nSPS) is 14.5. The Hall–Kier alpha value is -1.94. The number of carbonyl (C=O) groups excluding carboxylic acids is 4. The summed E-state index contributed by atoms with van der Waals surface area (Å²) >= 11 is 0. The van der Waals surface area contributed by atoms with Gasteiger partial charge in [0, 0.05) is 25.7 Å². The van der Waals surface area contributed by atoms with Crippen molar-refractivity contribution in [2.75, 3.05) is 39.6 Å². The van der Waals surface area contributed by atoms with Crippen molar-refractivity contribution < 1.29 is 80.2 Å². The Labute approximate surface area is 568 Å². The van der Waals surface area contributed by atoms with Gasteiger partial charge in [0.15, 0.2) is 12.2 Å². The summed E-state index contributed by atoms with van der Waals surface area (Å²) in [6.45, 7) is 14.1. The van der Waals surface area contributed by atoms with Crippen molar-refractivity contribution in [1.29, 1.82) is 0 Å². The van der Waals surface area contributed by atoms with Gasteiger partial charge in [-0.15, -0.1) is 0 Å². The third kappa shape index (κ3) is 67.0. The van der Waals surface area contributed by atoms with Gasteiger partial charge in [0.05, 0.1) is 26.4 Å². The van der Waals surface area contributed by atoms with Crippen LogP contribution in [0.3, 0.4) is 0 Å². The number of esters is 4. The fourth-order valence-corrected chi connectivity index (χ4v) is 12.7. The third-order valence-corrected chi connectivity index (χ3v) is 19.3. The standard InChI is InChI=1S/C74H144O17P2/c1-9-67(8)53-45-37-32-33-39-47-55-72(77)85-61-70(91-73(78)56-48-40-30-24-17-13-11-10-12-15-20-26-34-42-50-64(2)3)63-89-93(82,83)87-59-68(75)58-86-92(80,81)88-62-69(90-74(79)57-49-41-31-25-19-22-28-36-44-52-66(6)7)60-84-71(76)54-46-38-29-23-18-14-16-21-27-35-43-51-65(4)5/h64-70,75H,9-63H2,1-8H3,(H,80,81)(H,82,83)/t67?,68-,69-,70-/m1/s1. The molecule has 0 aliphatic carbocycles. The minimum absolute atomic E-state index is 0.105. The van der Waals surface area contributed by atoms with Gasteiger partial charge in [0.2, 0.25) is 0 Å². The predicted octanol–water partition coefficient (Wildman–Crippen LogP) is 21.3. The van der Waals surface area contributed by atoms with E-state index in [4.69, 9.17) is 37.0 Å². The van der Waals surface area contributed by atoms with E-state index in [-0.39, 0.29) is 25.7 Å². The molecule has 0 aliphatic rings. The number of phosphoric ester groups is 2. The number of phosphoric acid groups is 2. The zero-order valence-corrected chi connectivity index (χ0v) is 62.7. The molecule has 3 unspecified atom stereocenters. The van der Waals surface area contributed by atoms with E-state index >= 15 is 0 Å². The van der Waals surface area contributed by atoms with Crippen LogP contribution in [-0.4, -0.2) is 96.7 Å². The number of ether oxygens (including phenoxy) is 4. The van der Waals surface area contributed by atoms with Crippen LogP contribution in [0, 0.1) is 23.7 Å². The number of aliphatic hydroxyl groups is 1. The Morgan fingerprint density at radius 3 is 0.763 bits per heavy atom. The van der Waals surface area contributed by atoms with Gasteiger partial charge in [-0.2, -0.15) is 0 Å². The van der Waals surface area contributed by atoms with Crippen LogP contribution in [0.15, 0.2) is 0 Å². The predicted molar refractivity (Wildman–Crippen MR) is 377 cm³/mol. The number of hydrogen-bond donors (Lipinski definition) is 3. The van der Waals surface area contributed by atoms with Crippen molar-refractivity contribution in [2.24, 2.45) is 23.7 Å². The molecule has 552 valence electrons. The first-order valence-corrected chi connectivity index (χ1v) is 41.2. The molecular formula is C74H144O17P2. The molecule has 17 nitrogen and oxygen atoms in total. The molecule has 0 fully saturated rings. The number of unbranched alkanes of at least 4 members (excludes halogenated alkanes) is 36. The van der Waals surface area contributed by atoms with Crippen LogP contribution < -0.4 is 0 Å². The summed E-state index contributed by atoms with van der Waals surface area (Å²) in [6, 6.07) is 0. The number of rotatable bonds is 71. The smallest absolute Gasteiger partial charge is 0.462 e. The van der Waals surface area contributed by atoms with Crippen molar-refractivity contribution in [1.82, 2.24) is 0 Å². The van der Waals surface area contributed by atoms with Crippen molar-refractivity contribution in [3.63, 3.8) is 0 Å². The van der Waals surface area contributed by atoms with E-state index < -0.39 is 97.5 Å². The van der Waals surface area contributed by atoms with Crippen molar-refractivity contribution in [3.8, 4) is 0 Å². The van der Waals surface area contributed by atoms with Crippen LogP contribution in [0.5, 0.6) is 0 Å². The van der Waals surface area contributed by atoms with Crippen LogP contribution in [0.1, 0.15) is 370 Å². The minimum Gasteiger partial charge on any atom is -0.462 e. The lowest BCUT2D eigenvalue weighted by Gasteiger charge is -2.21. The van der Waals surface area contributed by atoms with E-state index in [1.54, 1.807) is 0 Å².